The number of hydrogen-bond acceptors (Lipinski definition) is 4. The summed E-state index contributed by atoms with van der Waals surface area (Å²) in [5.41, 5.74) is 11.6. The monoisotopic (exact) mass is 643 g/mol. The Balaban J connectivity index is 0.0000176. The summed E-state index contributed by atoms with van der Waals surface area (Å²) in [6.45, 7) is 5.68. The van der Waals surface area contributed by atoms with Gasteiger partial charge in [-0.05, 0) is 37.1 Å². The Morgan fingerprint density at radius 3 is 1.53 bits per heavy atom. The van der Waals surface area contributed by atoms with Crippen LogP contribution in [0, 0.1) is 0 Å². The summed E-state index contributed by atoms with van der Waals surface area (Å²) in [7, 11) is -3.98. The van der Waals surface area contributed by atoms with Gasteiger partial charge in [-0.2, -0.15) is 8.42 Å². The summed E-state index contributed by atoms with van der Waals surface area (Å²) in [4.78, 5) is 4.27. The highest BCUT2D eigenvalue weighted by atomic mass is 35.5. The standard InChI is InChI=1S/C33H61N5O3S.ClH/c1-3-5-7-9-11-13-15-17-19-21-23-29-41-30-24-26-31(27-25-30)42(39,40)38-33(35)37-32(34)36-28-22-20-18-16-14-12-10-8-6-4-2;/h24-27H,3-23,28-29H2,1-2H3,(H5,34,35,36,37,38);1H. The molecule has 0 heterocycles. The third-order valence-corrected chi connectivity index (χ3v) is 8.71. The topological polar surface area (TPSA) is 132 Å². The maximum atomic E-state index is 12.6. The number of ether oxygens (including phenoxy) is 1. The molecule has 0 aromatic heterocycles. The van der Waals surface area contributed by atoms with Crippen molar-refractivity contribution in [2.45, 2.75) is 154 Å². The molecule has 1 rings (SSSR count). The fourth-order valence-corrected chi connectivity index (χ4v) is 5.73. The fourth-order valence-electron chi connectivity index (χ4n) is 4.84. The van der Waals surface area contributed by atoms with Crippen LogP contribution < -0.4 is 21.5 Å². The van der Waals surface area contributed by atoms with Gasteiger partial charge in [0.15, 0.2) is 5.96 Å². The van der Waals surface area contributed by atoms with Gasteiger partial charge < -0.3 is 16.2 Å². The predicted molar refractivity (Wildman–Crippen MR) is 186 cm³/mol. The first kappa shape index (κ1) is 41.0. The van der Waals surface area contributed by atoms with Crippen LogP contribution in [0.2, 0.25) is 0 Å². The van der Waals surface area contributed by atoms with Crippen LogP contribution in [-0.2, 0) is 10.0 Å². The normalized spacial score (nSPS) is 12.2. The van der Waals surface area contributed by atoms with E-state index >= 15 is 0 Å². The Labute approximate surface area is 269 Å². The highest BCUT2D eigenvalue weighted by Crippen LogP contribution is 2.18. The molecule has 0 aliphatic carbocycles. The van der Waals surface area contributed by atoms with Crippen molar-refractivity contribution in [3.8, 4) is 5.75 Å². The zero-order valence-corrected chi connectivity index (χ0v) is 28.8. The van der Waals surface area contributed by atoms with Crippen LogP contribution >= 0.6 is 12.4 Å². The summed E-state index contributed by atoms with van der Waals surface area (Å²) in [6, 6.07) is 6.24. The SMILES string of the molecule is CCCCCCCCCCCCCOc1ccc(S(=O)(=O)/N=C(\N)NC(N)=NCCCCCCCCCCCC)cc1.Cl. The lowest BCUT2D eigenvalue weighted by Crippen LogP contribution is -2.42. The summed E-state index contributed by atoms with van der Waals surface area (Å²) in [5, 5.41) is 2.57. The number of benzene rings is 1. The van der Waals surface area contributed by atoms with Crippen molar-refractivity contribution >= 4 is 34.3 Å². The number of unbranched alkanes of at least 4 members (excludes halogenated alkanes) is 19. The molecule has 0 amide bonds. The van der Waals surface area contributed by atoms with Gasteiger partial charge in [0.25, 0.3) is 10.0 Å². The van der Waals surface area contributed by atoms with E-state index in [1.807, 2.05) is 0 Å². The number of sulfonamides is 1. The first-order valence-electron chi connectivity index (χ1n) is 16.8. The minimum atomic E-state index is -3.98. The van der Waals surface area contributed by atoms with Crippen molar-refractivity contribution in [2.24, 2.45) is 20.9 Å². The summed E-state index contributed by atoms with van der Waals surface area (Å²) >= 11 is 0. The average molecular weight is 644 g/mol. The largest absolute Gasteiger partial charge is 0.494 e. The van der Waals surface area contributed by atoms with E-state index in [1.54, 1.807) is 12.1 Å². The number of nitrogens with two attached hydrogens (primary N) is 2. The average Bonchev–Trinajstić information content (AvgIpc) is 2.96. The Morgan fingerprint density at radius 1 is 0.651 bits per heavy atom. The van der Waals surface area contributed by atoms with Crippen LogP contribution in [0.5, 0.6) is 5.75 Å². The highest BCUT2D eigenvalue weighted by molar-refractivity contribution is 7.90. The second-order valence-corrected chi connectivity index (χ2v) is 13.0. The lowest BCUT2D eigenvalue weighted by Gasteiger charge is -2.08. The second kappa shape index (κ2) is 27.5. The van der Waals surface area contributed by atoms with Crippen LogP contribution in [0.1, 0.15) is 149 Å². The third-order valence-electron chi connectivity index (χ3n) is 7.41. The van der Waals surface area contributed by atoms with E-state index in [4.69, 9.17) is 16.2 Å². The first-order valence-corrected chi connectivity index (χ1v) is 18.2. The van der Waals surface area contributed by atoms with Crippen LogP contribution in [0.15, 0.2) is 38.6 Å². The molecule has 0 aliphatic rings. The van der Waals surface area contributed by atoms with E-state index < -0.39 is 10.0 Å². The number of hydrogen-bond donors (Lipinski definition) is 3. The molecular formula is C33H62ClN5O3S. The first-order chi connectivity index (χ1) is 20.4. The van der Waals surface area contributed by atoms with Crippen LogP contribution in [0.3, 0.4) is 0 Å². The number of halogens is 1. The number of guanidine groups is 2. The molecule has 0 aliphatic heterocycles. The van der Waals surface area contributed by atoms with Crippen molar-refractivity contribution < 1.29 is 13.2 Å². The van der Waals surface area contributed by atoms with Gasteiger partial charge in [0.05, 0.1) is 11.5 Å². The quantitative estimate of drug-likeness (QED) is 0.0526. The number of nitrogens with one attached hydrogen (secondary N) is 1. The molecular weight excluding hydrogens is 582 g/mol. The molecule has 10 heteroatoms. The Hall–Kier alpha value is -2.00. The lowest BCUT2D eigenvalue weighted by molar-refractivity contribution is 0.304. The molecule has 1 aromatic carbocycles. The van der Waals surface area contributed by atoms with Gasteiger partial charge >= 0.3 is 0 Å². The van der Waals surface area contributed by atoms with Gasteiger partial charge in [-0.25, -0.2) is 0 Å². The van der Waals surface area contributed by atoms with E-state index in [0.717, 1.165) is 25.7 Å². The van der Waals surface area contributed by atoms with Gasteiger partial charge in [-0.1, -0.05) is 136 Å². The fraction of sp³-hybridized carbons (Fsp3) is 0.758. The molecule has 0 unspecified atom stereocenters. The minimum absolute atomic E-state index is 0. The summed E-state index contributed by atoms with van der Waals surface area (Å²) in [5.74, 6) is 0.393. The van der Waals surface area contributed by atoms with Gasteiger partial charge in [0.1, 0.15) is 5.75 Å². The Kier molecular flexibility index (Phi) is 26.3. The van der Waals surface area contributed by atoms with Gasteiger partial charge in [0, 0.05) is 6.54 Å². The maximum absolute atomic E-state index is 12.6. The molecule has 250 valence electrons. The molecule has 8 nitrogen and oxygen atoms in total. The smallest absolute Gasteiger partial charge is 0.285 e. The van der Waals surface area contributed by atoms with Crippen LogP contribution in [0.25, 0.3) is 0 Å². The lowest BCUT2D eigenvalue weighted by atomic mass is 10.1. The summed E-state index contributed by atoms with van der Waals surface area (Å²) < 4.78 is 34.7. The minimum Gasteiger partial charge on any atom is -0.494 e. The van der Waals surface area contributed by atoms with E-state index in [0.29, 0.717) is 18.9 Å². The Bertz CT molecular complexity index is 956. The molecule has 0 bridgehead atoms. The van der Waals surface area contributed by atoms with Crippen LogP contribution in [-0.4, -0.2) is 33.5 Å². The van der Waals surface area contributed by atoms with E-state index in [9.17, 15) is 8.42 Å². The molecule has 0 atom stereocenters. The van der Waals surface area contributed by atoms with Gasteiger partial charge in [-0.3, -0.25) is 10.3 Å². The van der Waals surface area contributed by atoms with Crippen molar-refractivity contribution in [1.82, 2.24) is 5.32 Å². The zero-order chi connectivity index (χ0) is 30.7. The summed E-state index contributed by atoms with van der Waals surface area (Å²) in [6.07, 6.45) is 26.6. The maximum Gasteiger partial charge on any atom is 0.285 e. The third kappa shape index (κ3) is 23.1. The molecule has 43 heavy (non-hydrogen) atoms. The van der Waals surface area contributed by atoms with Gasteiger partial charge in [-0.15, -0.1) is 16.8 Å². The number of nitrogens with zero attached hydrogens (tertiary/aromatic N) is 2. The second-order valence-electron chi connectivity index (χ2n) is 11.4. The van der Waals surface area contributed by atoms with Gasteiger partial charge in [0.2, 0.25) is 5.96 Å². The molecule has 0 saturated carbocycles. The zero-order valence-electron chi connectivity index (χ0n) is 27.2. The molecule has 5 N–H and O–H groups in total. The molecule has 0 fully saturated rings. The van der Waals surface area contributed by atoms with E-state index in [2.05, 4.69) is 28.6 Å². The van der Waals surface area contributed by atoms with Crippen molar-refractivity contribution in [3.63, 3.8) is 0 Å². The van der Waals surface area contributed by atoms with E-state index in [-0.39, 0.29) is 29.2 Å². The predicted octanol–water partition coefficient (Wildman–Crippen LogP) is 8.63. The van der Waals surface area contributed by atoms with Crippen molar-refractivity contribution in [1.29, 1.82) is 0 Å². The van der Waals surface area contributed by atoms with Crippen molar-refractivity contribution in [2.75, 3.05) is 13.2 Å². The van der Waals surface area contributed by atoms with E-state index in [1.165, 1.54) is 121 Å². The molecule has 0 saturated heterocycles. The highest BCUT2D eigenvalue weighted by Gasteiger charge is 2.14. The number of aliphatic imine (C=N–C) groups is 1. The number of rotatable bonds is 26. The molecule has 0 spiro atoms. The van der Waals surface area contributed by atoms with Crippen LogP contribution in [0.4, 0.5) is 0 Å². The molecule has 1 aromatic rings. The van der Waals surface area contributed by atoms with Crippen molar-refractivity contribution in [3.05, 3.63) is 24.3 Å². The molecule has 0 radical (unpaired) electrons. The Morgan fingerprint density at radius 2 is 1.07 bits per heavy atom.